The van der Waals surface area contributed by atoms with Gasteiger partial charge in [0.25, 0.3) is 5.91 Å². The van der Waals surface area contributed by atoms with Crippen LogP contribution >= 0.6 is 0 Å². The van der Waals surface area contributed by atoms with E-state index < -0.39 is 0 Å². The minimum absolute atomic E-state index is 0.152. The number of rotatable bonds is 4. The average molecular weight is 262 g/mol. The van der Waals surface area contributed by atoms with Gasteiger partial charge in [-0.15, -0.1) is 0 Å². The minimum Gasteiger partial charge on any atom is -0.508 e. The number of phenols is 1. The number of carbonyl (C=O) groups excluding carboxylic acids is 1. The molecule has 6 nitrogen and oxygen atoms in total. The number of nitrogens with zero attached hydrogens (tertiary/aromatic N) is 1. The molecule has 1 aromatic heterocycles. The predicted molar refractivity (Wildman–Crippen MR) is 68.0 cm³/mol. The maximum Gasteiger partial charge on any atom is 0.277 e. The van der Waals surface area contributed by atoms with E-state index in [0.29, 0.717) is 11.4 Å². The largest absolute Gasteiger partial charge is 0.508 e. The van der Waals surface area contributed by atoms with E-state index in [-0.39, 0.29) is 24.0 Å². The summed E-state index contributed by atoms with van der Waals surface area (Å²) in [6.45, 7) is 2.05. The Morgan fingerprint density at radius 1 is 1.47 bits per heavy atom. The molecule has 0 bridgehead atoms. The molecular weight excluding hydrogens is 248 g/mol. The zero-order valence-electron chi connectivity index (χ0n) is 10.6. The number of aromatic hydroxyl groups is 1. The predicted octanol–water partition coefficient (Wildman–Crippen LogP) is 2.09. The van der Waals surface area contributed by atoms with Crippen LogP contribution < -0.4 is 5.32 Å². The Balaban J connectivity index is 2.11. The first kappa shape index (κ1) is 13.1. The van der Waals surface area contributed by atoms with E-state index in [1.54, 1.807) is 19.1 Å². The normalized spacial score (nSPS) is 10.4. The third-order valence-electron chi connectivity index (χ3n) is 2.54. The number of hydrogen-bond donors (Lipinski definition) is 2. The topological polar surface area (TPSA) is 84.6 Å². The number of methoxy groups -OCH3 is 1. The van der Waals surface area contributed by atoms with Gasteiger partial charge in [-0.25, -0.2) is 0 Å². The Kier molecular flexibility index (Phi) is 3.82. The molecule has 19 heavy (non-hydrogen) atoms. The number of aryl methyl sites for hydroxylation is 1. The summed E-state index contributed by atoms with van der Waals surface area (Å²) in [4.78, 5) is 11.9. The summed E-state index contributed by atoms with van der Waals surface area (Å²) in [6.07, 6.45) is 0. The molecule has 0 saturated heterocycles. The summed E-state index contributed by atoms with van der Waals surface area (Å²) in [5, 5.41) is 15.7. The minimum atomic E-state index is -0.375. The van der Waals surface area contributed by atoms with Gasteiger partial charge in [-0.3, -0.25) is 4.79 Å². The van der Waals surface area contributed by atoms with Crippen molar-refractivity contribution in [2.24, 2.45) is 0 Å². The summed E-state index contributed by atoms with van der Waals surface area (Å²) >= 11 is 0. The fourth-order valence-corrected chi connectivity index (χ4v) is 1.60. The highest BCUT2D eigenvalue weighted by Crippen LogP contribution is 2.20. The summed E-state index contributed by atoms with van der Waals surface area (Å²) in [6, 6.07) is 6.21. The molecule has 1 aromatic carbocycles. The molecule has 0 spiro atoms. The molecule has 1 amide bonds. The lowest BCUT2D eigenvalue weighted by Gasteiger charge is -2.06. The molecule has 1 heterocycles. The Morgan fingerprint density at radius 3 is 2.95 bits per heavy atom. The van der Waals surface area contributed by atoms with E-state index in [9.17, 15) is 9.90 Å². The van der Waals surface area contributed by atoms with Gasteiger partial charge >= 0.3 is 0 Å². The molecule has 0 saturated carbocycles. The zero-order chi connectivity index (χ0) is 13.8. The molecule has 2 aromatic rings. The number of aromatic nitrogens is 1. The van der Waals surface area contributed by atoms with Crippen molar-refractivity contribution in [1.82, 2.24) is 5.16 Å². The molecule has 0 aliphatic heterocycles. The van der Waals surface area contributed by atoms with Crippen molar-refractivity contribution in [3.63, 3.8) is 0 Å². The van der Waals surface area contributed by atoms with Crippen molar-refractivity contribution in [2.75, 3.05) is 12.4 Å². The van der Waals surface area contributed by atoms with Gasteiger partial charge in [-0.2, -0.15) is 0 Å². The average Bonchev–Trinajstić information content (AvgIpc) is 2.82. The van der Waals surface area contributed by atoms with Crippen LogP contribution in [0.3, 0.4) is 0 Å². The number of anilines is 1. The van der Waals surface area contributed by atoms with Crippen molar-refractivity contribution >= 4 is 11.6 Å². The van der Waals surface area contributed by atoms with Gasteiger partial charge < -0.3 is 19.7 Å². The van der Waals surface area contributed by atoms with Crippen molar-refractivity contribution < 1.29 is 19.2 Å². The van der Waals surface area contributed by atoms with E-state index >= 15 is 0 Å². The second kappa shape index (κ2) is 5.53. The van der Waals surface area contributed by atoms with Crippen LogP contribution in [0, 0.1) is 6.92 Å². The van der Waals surface area contributed by atoms with Crippen molar-refractivity contribution in [3.8, 4) is 5.75 Å². The molecule has 0 aliphatic carbocycles. The fraction of sp³-hybridized carbons (Fsp3) is 0.231. The van der Waals surface area contributed by atoms with E-state index in [0.717, 1.165) is 5.56 Å². The summed E-state index contributed by atoms with van der Waals surface area (Å²) in [7, 11) is 1.53. The van der Waals surface area contributed by atoms with E-state index in [2.05, 4.69) is 10.5 Å². The maximum atomic E-state index is 11.9. The third kappa shape index (κ3) is 3.11. The molecule has 0 fully saturated rings. The lowest BCUT2D eigenvalue weighted by atomic mass is 10.2. The Bertz CT molecular complexity index is 592. The number of amides is 1. The van der Waals surface area contributed by atoms with Crippen molar-refractivity contribution in [2.45, 2.75) is 13.5 Å². The smallest absolute Gasteiger partial charge is 0.277 e. The lowest BCUT2D eigenvalue weighted by Crippen LogP contribution is -2.13. The molecular formula is C13H14N2O4. The summed E-state index contributed by atoms with van der Waals surface area (Å²) in [5.74, 6) is 0.259. The highest BCUT2D eigenvalue weighted by Gasteiger charge is 2.13. The quantitative estimate of drug-likeness (QED) is 0.824. The highest BCUT2D eigenvalue weighted by atomic mass is 16.5. The van der Waals surface area contributed by atoms with Crippen LogP contribution in [0.25, 0.3) is 0 Å². The van der Waals surface area contributed by atoms with Gasteiger partial charge in [0.2, 0.25) is 0 Å². The van der Waals surface area contributed by atoms with Crippen LogP contribution in [0.5, 0.6) is 5.75 Å². The van der Waals surface area contributed by atoms with E-state index in [1.165, 1.54) is 19.2 Å². The van der Waals surface area contributed by atoms with Gasteiger partial charge in [0, 0.05) is 18.9 Å². The zero-order valence-corrected chi connectivity index (χ0v) is 10.6. The first-order chi connectivity index (χ1) is 9.10. The molecule has 0 radical (unpaired) electrons. The molecule has 2 rings (SSSR count). The van der Waals surface area contributed by atoms with Crippen molar-refractivity contribution in [1.29, 1.82) is 0 Å². The maximum absolute atomic E-state index is 11.9. The molecule has 6 heteroatoms. The molecule has 0 aliphatic rings. The summed E-state index contributed by atoms with van der Waals surface area (Å²) in [5.41, 5.74) is 1.55. The number of phenolic OH excluding ortho intramolecular Hbond substituents is 1. The standard InChI is InChI=1S/C13H14N2O4/c1-8-5-9(16)3-4-11(8)14-13(17)12-6-10(7-18-2)19-15-12/h3-6,16H,7H2,1-2H3,(H,14,17). The lowest BCUT2D eigenvalue weighted by molar-refractivity contribution is 0.101. The van der Waals surface area contributed by atoms with Crippen LogP contribution in [0.15, 0.2) is 28.8 Å². The molecule has 100 valence electrons. The van der Waals surface area contributed by atoms with Crippen LogP contribution in [-0.4, -0.2) is 23.3 Å². The number of ether oxygens (including phenoxy) is 1. The van der Waals surface area contributed by atoms with Crippen LogP contribution in [0.4, 0.5) is 5.69 Å². The first-order valence-corrected chi connectivity index (χ1v) is 5.65. The second-order valence-electron chi connectivity index (χ2n) is 4.06. The van der Waals surface area contributed by atoms with Gasteiger partial charge in [-0.1, -0.05) is 5.16 Å². The van der Waals surface area contributed by atoms with E-state index in [4.69, 9.17) is 9.26 Å². The molecule has 2 N–H and O–H groups in total. The number of hydrogen-bond acceptors (Lipinski definition) is 5. The van der Waals surface area contributed by atoms with Gasteiger partial charge in [0.05, 0.1) is 0 Å². The Morgan fingerprint density at radius 2 is 2.26 bits per heavy atom. The number of carbonyl (C=O) groups is 1. The van der Waals surface area contributed by atoms with Gasteiger partial charge in [0.1, 0.15) is 12.4 Å². The van der Waals surface area contributed by atoms with Crippen LogP contribution in [-0.2, 0) is 11.3 Å². The van der Waals surface area contributed by atoms with E-state index in [1.807, 2.05) is 0 Å². The van der Waals surface area contributed by atoms with Crippen LogP contribution in [0.2, 0.25) is 0 Å². The second-order valence-corrected chi connectivity index (χ2v) is 4.06. The first-order valence-electron chi connectivity index (χ1n) is 5.65. The van der Waals surface area contributed by atoms with Gasteiger partial charge in [-0.05, 0) is 30.7 Å². The fourth-order valence-electron chi connectivity index (χ4n) is 1.60. The highest BCUT2D eigenvalue weighted by molar-refractivity contribution is 6.03. The van der Waals surface area contributed by atoms with Crippen molar-refractivity contribution in [3.05, 3.63) is 41.3 Å². The SMILES string of the molecule is COCc1cc(C(=O)Nc2ccc(O)cc2C)no1. The number of nitrogens with one attached hydrogen (secondary N) is 1. The Labute approximate surface area is 110 Å². The third-order valence-corrected chi connectivity index (χ3v) is 2.54. The monoisotopic (exact) mass is 262 g/mol. The Hall–Kier alpha value is -2.34. The summed E-state index contributed by atoms with van der Waals surface area (Å²) < 4.78 is 9.82. The molecule has 0 unspecified atom stereocenters. The van der Waals surface area contributed by atoms with Crippen LogP contribution in [0.1, 0.15) is 21.8 Å². The molecule has 0 atom stereocenters. The van der Waals surface area contributed by atoms with Gasteiger partial charge in [0.15, 0.2) is 11.5 Å². The number of benzene rings is 1.